The summed E-state index contributed by atoms with van der Waals surface area (Å²) in [6, 6.07) is 9.75. The van der Waals surface area contributed by atoms with Crippen LogP contribution in [0.5, 0.6) is 0 Å². The number of nitrogens with two attached hydrogens (primary N) is 1. The molecule has 2 aromatic heterocycles. The predicted molar refractivity (Wildman–Crippen MR) is 107 cm³/mol. The summed E-state index contributed by atoms with van der Waals surface area (Å²) in [5.74, 6) is 0.0307. The molecule has 1 aromatic carbocycles. The largest absolute Gasteiger partial charge is 0.371 e. The monoisotopic (exact) mass is 409 g/mol. The zero-order valence-electron chi connectivity index (χ0n) is 15.6. The molecule has 4 rings (SSSR count). The highest BCUT2D eigenvalue weighted by molar-refractivity contribution is 5.90. The first kappa shape index (κ1) is 19.5. The number of hydroxylamine groups is 1. The van der Waals surface area contributed by atoms with Gasteiger partial charge in [-0.05, 0) is 42.3 Å². The molecular weight excluding hydrogens is 392 g/mol. The Morgan fingerprint density at radius 3 is 3.00 bits per heavy atom. The van der Waals surface area contributed by atoms with Gasteiger partial charge in [0.25, 0.3) is 0 Å². The molecule has 1 fully saturated rings. The zero-order valence-corrected chi connectivity index (χ0v) is 15.6. The minimum absolute atomic E-state index is 0.123. The maximum absolute atomic E-state index is 14.4. The van der Waals surface area contributed by atoms with Gasteiger partial charge in [-0.2, -0.15) is 5.26 Å². The van der Waals surface area contributed by atoms with Crippen LogP contribution < -0.4 is 16.5 Å². The van der Waals surface area contributed by atoms with Gasteiger partial charge in [0.15, 0.2) is 12.6 Å². The number of aliphatic imine (C=N–C) groups is 1. The summed E-state index contributed by atoms with van der Waals surface area (Å²) in [7, 11) is 0. The summed E-state index contributed by atoms with van der Waals surface area (Å²) in [6.07, 6.45) is 3.72. The molecule has 0 spiro atoms. The fourth-order valence-electron chi connectivity index (χ4n) is 3.15. The van der Waals surface area contributed by atoms with E-state index in [1.54, 1.807) is 30.5 Å². The SMILES string of the molecule is N#Cc1cnc2c(Nc3ccc(F)c([C@H]4C[C@H]4NOC(N)=NCF)c3)nccc2c1. The first-order valence-electron chi connectivity index (χ1n) is 9.08. The van der Waals surface area contributed by atoms with Crippen molar-refractivity contribution in [2.24, 2.45) is 10.7 Å². The summed E-state index contributed by atoms with van der Waals surface area (Å²) in [5.41, 5.74) is 10.2. The Labute approximate surface area is 170 Å². The number of nitriles is 1. The van der Waals surface area contributed by atoms with Crippen molar-refractivity contribution in [3.63, 3.8) is 0 Å². The highest BCUT2D eigenvalue weighted by atomic mass is 19.1. The van der Waals surface area contributed by atoms with Crippen molar-refractivity contribution in [2.75, 3.05) is 12.1 Å². The van der Waals surface area contributed by atoms with Gasteiger partial charge in [0, 0.05) is 29.4 Å². The van der Waals surface area contributed by atoms with E-state index in [1.165, 1.54) is 12.3 Å². The fourth-order valence-corrected chi connectivity index (χ4v) is 3.15. The van der Waals surface area contributed by atoms with Gasteiger partial charge in [0.05, 0.1) is 11.6 Å². The molecule has 1 aliphatic carbocycles. The van der Waals surface area contributed by atoms with E-state index in [2.05, 4.69) is 31.8 Å². The van der Waals surface area contributed by atoms with Crippen molar-refractivity contribution in [3.05, 3.63) is 59.7 Å². The first-order chi connectivity index (χ1) is 14.6. The lowest BCUT2D eigenvalue weighted by molar-refractivity contribution is 0.167. The summed E-state index contributed by atoms with van der Waals surface area (Å²) in [6.45, 7) is -0.973. The van der Waals surface area contributed by atoms with Gasteiger partial charge in [-0.1, -0.05) is 0 Å². The van der Waals surface area contributed by atoms with Crippen molar-refractivity contribution in [1.29, 1.82) is 5.26 Å². The van der Waals surface area contributed by atoms with Gasteiger partial charge in [-0.3, -0.25) is 4.98 Å². The number of hydrogen-bond acceptors (Lipinski definition) is 7. The van der Waals surface area contributed by atoms with E-state index in [0.29, 0.717) is 34.6 Å². The topological polar surface area (TPSA) is 121 Å². The zero-order chi connectivity index (χ0) is 21.1. The van der Waals surface area contributed by atoms with Crippen LogP contribution in [0.3, 0.4) is 0 Å². The molecule has 8 nitrogen and oxygen atoms in total. The Hall–Kier alpha value is -3.84. The smallest absolute Gasteiger partial charge is 0.304 e. The van der Waals surface area contributed by atoms with E-state index in [9.17, 15) is 8.78 Å². The summed E-state index contributed by atoms with van der Waals surface area (Å²) in [5, 5.41) is 13.0. The molecule has 152 valence electrons. The second-order valence-corrected chi connectivity index (χ2v) is 6.71. The van der Waals surface area contributed by atoms with Crippen molar-refractivity contribution in [2.45, 2.75) is 18.4 Å². The maximum atomic E-state index is 14.4. The molecule has 10 heteroatoms. The summed E-state index contributed by atoms with van der Waals surface area (Å²) >= 11 is 0. The highest BCUT2D eigenvalue weighted by Gasteiger charge is 2.41. The number of alkyl halides is 1. The number of halogens is 2. The number of hydrogen-bond donors (Lipinski definition) is 3. The van der Waals surface area contributed by atoms with Crippen molar-refractivity contribution >= 4 is 28.4 Å². The molecule has 0 aliphatic heterocycles. The van der Waals surface area contributed by atoms with E-state index in [4.69, 9.17) is 15.8 Å². The van der Waals surface area contributed by atoms with Crippen LogP contribution in [0.25, 0.3) is 10.9 Å². The minimum Gasteiger partial charge on any atom is -0.371 e. The summed E-state index contributed by atoms with van der Waals surface area (Å²) < 4.78 is 26.5. The molecule has 0 amide bonds. The van der Waals surface area contributed by atoms with Crippen molar-refractivity contribution in [3.8, 4) is 6.07 Å². The first-order valence-corrected chi connectivity index (χ1v) is 9.08. The highest BCUT2D eigenvalue weighted by Crippen LogP contribution is 2.43. The van der Waals surface area contributed by atoms with E-state index in [1.807, 2.05) is 0 Å². The van der Waals surface area contributed by atoms with Crippen LogP contribution in [-0.4, -0.2) is 28.8 Å². The van der Waals surface area contributed by atoms with E-state index in [-0.39, 0.29) is 23.8 Å². The van der Waals surface area contributed by atoms with E-state index >= 15 is 0 Å². The lowest BCUT2D eigenvalue weighted by Gasteiger charge is -2.11. The molecule has 30 heavy (non-hydrogen) atoms. The lowest BCUT2D eigenvalue weighted by atomic mass is 10.1. The third kappa shape index (κ3) is 4.11. The Bertz CT molecular complexity index is 1160. The minimum atomic E-state index is -0.973. The quantitative estimate of drug-likeness (QED) is 0.248. The normalized spacial score (nSPS) is 18.1. The van der Waals surface area contributed by atoms with Gasteiger partial charge in [-0.25, -0.2) is 18.8 Å². The number of pyridine rings is 2. The molecule has 0 saturated heterocycles. The lowest BCUT2D eigenvalue weighted by Crippen LogP contribution is -2.28. The van der Waals surface area contributed by atoms with Crippen LogP contribution in [0.15, 0.2) is 47.7 Å². The molecule has 4 N–H and O–H groups in total. The van der Waals surface area contributed by atoms with Crippen molar-refractivity contribution < 1.29 is 13.6 Å². The molecule has 2 atom stereocenters. The molecule has 3 aromatic rings. The third-order valence-corrected chi connectivity index (χ3v) is 4.71. The number of fused-ring (bicyclic) bond motifs is 1. The number of aromatic nitrogens is 2. The molecule has 0 radical (unpaired) electrons. The van der Waals surface area contributed by atoms with Gasteiger partial charge in [0.2, 0.25) is 0 Å². The van der Waals surface area contributed by atoms with Gasteiger partial charge < -0.3 is 15.9 Å². The van der Waals surface area contributed by atoms with E-state index < -0.39 is 6.80 Å². The number of nitrogens with one attached hydrogen (secondary N) is 2. The van der Waals surface area contributed by atoms with E-state index in [0.717, 1.165) is 5.39 Å². The van der Waals surface area contributed by atoms with Gasteiger partial charge in [-0.15, -0.1) is 5.48 Å². The number of benzene rings is 1. The number of rotatable bonds is 6. The van der Waals surface area contributed by atoms with Crippen LogP contribution in [-0.2, 0) is 4.84 Å². The second-order valence-electron chi connectivity index (χ2n) is 6.71. The Balaban J connectivity index is 1.52. The molecule has 1 saturated carbocycles. The summed E-state index contributed by atoms with van der Waals surface area (Å²) in [4.78, 5) is 16.8. The molecule has 2 heterocycles. The molecule has 1 aliphatic rings. The van der Waals surface area contributed by atoms with Crippen molar-refractivity contribution in [1.82, 2.24) is 15.4 Å². The average molecular weight is 409 g/mol. The second kappa shape index (κ2) is 8.26. The van der Waals surface area contributed by atoms with Crippen LogP contribution in [0.1, 0.15) is 23.5 Å². The predicted octanol–water partition coefficient (Wildman–Crippen LogP) is 3.00. The Kier molecular flexibility index (Phi) is 5.36. The van der Waals surface area contributed by atoms with Gasteiger partial charge >= 0.3 is 6.02 Å². The standard InChI is InChI=1S/C20H17F2N7O/c21-10-27-20(24)30-29-17-7-15(17)14-6-13(1-2-16(14)22)28-19-18-12(3-4-25-19)5-11(8-23)9-26-18/h1-6,9,15,17,29H,7,10H2,(H2,24,27)(H,25,28)/t15-,17-/m1/s1. The molecular formula is C20H17F2N7O. The number of amidine groups is 1. The molecule has 0 bridgehead atoms. The Morgan fingerprint density at radius 1 is 1.33 bits per heavy atom. The third-order valence-electron chi connectivity index (χ3n) is 4.71. The van der Waals surface area contributed by atoms with Crippen LogP contribution >= 0.6 is 0 Å². The number of anilines is 2. The fraction of sp³-hybridized carbons (Fsp3) is 0.200. The maximum Gasteiger partial charge on any atom is 0.304 e. The van der Waals surface area contributed by atoms with Crippen LogP contribution in [0.2, 0.25) is 0 Å². The average Bonchev–Trinajstić information content (AvgIpc) is 3.53. The molecule has 0 unspecified atom stereocenters. The van der Waals surface area contributed by atoms with Crippen LogP contribution in [0.4, 0.5) is 20.3 Å². The van der Waals surface area contributed by atoms with Gasteiger partial charge in [0.1, 0.15) is 17.4 Å². The Morgan fingerprint density at radius 2 is 2.20 bits per heavy atom. The number of nitrogens with zero attached hydrogens (tertiary/aromatic N) is 4. The van der Waals surface area contributed by atoms with Crippen LogP contribution in [0, 0.1) is 17.1 Å².